The monoisotopic (exact) mass is 395 g/mol. The van der Waals surface area contributed by atoms with Crippen LogP contribution in [-0.2, 0) is 14.3 Å². The van der Waals surface area contributed by atoms with Gasteiger partial charge in [-0.2, -0.15) is 5.26 Å². The molecule has 29 heavy (non-hydrogen) atoms. The highest BCUT2D eigenvalue weighted by Crippen LogP contribution is 2.65. The highest BCUT2D eigenvalue weighted by Gasteiger charge is 2.62. The number of carbonyl (C=O) groups excluding carboxylic acids is 1. The van der Waals surface area contributed by atoms with Gasteiger partial charge in [0.15, 0.2) is 12.1 Å². The molecule has 4 heteroatoms. The van der Waals surface area contributed by atoms with Crippen LogP contribution in [0.5, 0.6) is 0 Å². The van der Waals surface area contributed by atoms with Crippen LogP contribution in [0.4, 0.5) is 0 Å². The van der Waals surface area contributed by atoms with Crippen molar-refractivity contribution in [1.82, 2.24) is 0 Å². The lowest BCUT2D eigenvalue weighted by atomic mass is 9.54. The van der Waals surface area contributed by atoms with Crippen LogP contribution in [0, 0.1) is 28.6 Å². The molecular weight excluding hydrogens is 362 g/mol. The number of rotatable bonds is 3. The quantitative estimate of drug-likeness (QED) is 0.643. The molecule has 1 unspecified atom stereocenters. The van der Waals surface area contributed by atoms with Crippen LogP contribution in [0.3, 0.4) is 0 Å². The minimum absolute atomic E-state index is 0.0317. The fourth-order valence-electron chi connectivity index (χ4n) is 7.33. The molecule has 156 valence electrons. The van der Waals surface area contributed by atoms with Gasteiger partial charge in [-0.05, 0) is 93.3 Å². The van der Waals surface area contributed by atoms with Crippen molar-refractivity contribution < 1.29 is 14.3 Å². The SMILES string of the molecule is C[C@]12CCC3=C4CCC(=O)C=C4CC[C@H]3[C@@H]1CC[C@]2(CC#N)OC1CCCCO1. The molecule has 4 aliphatic carbocycles. The number of nitriles is 1. The van der Waals surface area contributed by atoms with Crippen molar-refractivity contribution >= 4 is 5.78 Å². The zero-order chi connectivity index (χ0) is 20.1. The van der Waals surface area contributed by atoms with E-state index in [1.165, 1.54) is 11.1 Å². The van der Waals surface area contributed by atoms with Crippen molar-refractivity contribution in [2.45, 2.75) is 95.9 Å². The van der Waals surface area contributed by atoms with E-state index in [0.29, 0.717) is 30.5 Å². The fourth-order valence-corrected chi connectivity index (χ4v) is 7.33. The highest BCUT2D eigenvalue weighted by atomic mass is 16.7. The van der Waals surface area contributed by atoms with Gasteiger partial charge in [-0.15, -0.1) is 0 Å². The van der Waals surface area contributed by atoms with E-state index in [-0.39, 0.29) is 17.3 Å². The molecule has 4 nitrogen and oxygen atoms in total. The van der Waals surface area contributed by atoms with Crippen LogP contribution in [0.2, 0.25) is 0 Å². The lowest BCUT2D eigenvalue weighted by Crippen LogP contribution is -2.53. The first-order valence-electron chi connectivity index (χ1n) is 11.7. The molecule has 5 rings (SSSR count). The standard InChI is InChI=1S/C25H33NO3/c1-24-11-9-20-19-8-6-18(27)16-17(19)5-7-21(20)22(24)10-12-25(24,13-14-26)29-23-4-2-3-15-28-23/h16,21-23H,2-13,15H2,1H3/t21-,22+,23?,24+,25-/m1/s1. The van der Waals surface area contributed by atoms with Gasteiger partial charge >= 0.3 is 0 Å². The lowest BCUT2D eigenvalue weighted by Gasteiger charge is -2.53. The summed E-state index contributed by atoms with van der Waals surface area (Å²) >= 11 is 0. The largest absolute Gasteiger partial charge is 0.353 e. The van der Waals surface area contributed by atoms with Gasteiger partial charge in [-0.25, -0.2) is 0 Å². The number of ether oxygens (including phenoxy) is 2. The summed E-state index contributed by atoms with van der Waals surface area (Å²) in [6.45, 7) is 3.18. The molecule has 0 radical (unpaired) electrons. The van der Waals surface area contributed by atoms with Gasteiger partial charge in [-0.1, -0.05) is 12.5 Å². The molecule has 1 aliphatic heterocycles. The Bertz CT molecular complexity index is 799. The molecule has 1 saturated heterocycles. The topological polar surface area (TPSA) is 59.3 Å². The van der Waals surface area contributed by atoms with E-state index in [1.54, 1.807) is 5.57 Å². The Kier molecular flexibility index (Phi) is 4.95. The van der Waals surface area contributed by atoms with E-state index in [0.717, 1.165) is 70.8 Å². The van der Waals surface area contributed by atoms with Gasteiger partial charge in [0.05, 0.1) is 18.1 Å². The first kappa shape index (κ1) is 19.5. The van der Waals surface area contributed by atoms with E-state index in [4.69, 9.17) is 9.47 Å². The molecule has 0 amide bonds. The van der Waals surface area contributed by atoms with Gasteiger partial charge in [0.25, 0.3) is 0 Å². The maximum absolute atomic E-state index is 11.9. The molecule has 0 aromatic carbocycles. The zero-order valence-corrected chi connectivity index (χ0v) is 17.7. The summed E-state index contributed by atoms with van der Waals surface area (Å²) < 4.78 is 12.7. The first-order valence-corrected chi connectivity index (χ1v) is 11.7. The van der Waals surface area contributed by atoms with Gasteiger partial charge in [0.1, 0.15) is 0 Å². The molecule has 5 aliphatic rings. The third kappa shape index (κ3) is 3.04. The molecule has 3 fully saturated rings. The number of hydrogen-bond acceptors (Lipinski definition) is 4. The number of allylic oxidation sites excluding steroid dienone is 4. The summed E-state index contributed by atoms with van der Waals surface area (Å²) in [4.78, 5) is 11.9. The third-order valence-corrected chi connectivity index (χ3v) is 8.88. The predicted molar refractivity (Wildman–Crippen MR) is 110 cm³/mol. The van der Waals surface area contributed by atoms with Gasteiger partial charge in [0, 0.05) is 18.4 Å². The van der Waals surface area contributed by atoms with Crippen LogP contribution < -0.4 is 0 Å². The predicted octanol–water partition coefficient (Wildman–Crippen LogP) is 5.39. The summed E-state index contributed by atoms with van der Waals surface area (Å²) in [5.74, 6) is 1.48. The molecule has 0 spiro atoms. The second kappa shape index (κ2) is 7.36. The Labute approximate surface area is 174 Å². The van der Waals surface area contributed by atoms with Crippen molar-refractivity contribution in [3.05, 3.63) is 22.8 Å². The average Bonchev–Trinajstić information content (AvgIpc) is 3.01. The van der Waals surface area contributed by atoms with Crippen LogP contribution in [0.1, 0.15) is 84.0 Å². The van der Waals surface area contributed by atoms with E-state index in [2.05, 4.69) is 13.0 Å². The second-order valence-electron chi connectivity index (χ2n) is 10.1. The fraction of sp³-hybridized carbons (Fsp3) is 0.760. The van der Waals surface area contributed by atoms with Crippen LogP contribution >= 0.6 is 0 Å². The third-order valence-electron chi connectivity index (χ3n) is 8.88. The summed E-state index contributed by atoms with van der Waals surface area (Å²) in [6.07, 6.45) is 13.6. The Balaban J connectivity index is 1.46. The number of nitrogens with zero attached hydrogens (tertiary/aromatic N) is 1. The van der Waals surface area contributed by atoms with Crippen LogP contribution in [0.15, 0.2) is 22.8 Å². The summed E-state index contributed by atoms with van der Waals surface area (Å²) in [7, 11) is 0. The van der Waals surface area contributed by atoms with Crippen LogP contribution in [0.25, 0.3) is 0 Å². The molecule has 0 N–H and O–H groups in total. The van der Waals surface area contributed by atoms with Crippen molar-refractivity contribution in [2.24, 2.45) is 17.3 Å². The first-order chi connectivity index (χ1) is 14.1. The molecule has 1 heterocycles. The van der Waals surface area contributed by atoms with Crippen LogP contribution in [-0.4, -0.2) is 24.3 Å². The van der Waals surface area contributed by atoms with Crippen molar-refractivity contribution in [3.63, 3.8) is 0 Å². The second-order valence-corrected chi connectivity index (χ2v) is 10.1. The number of carbonyl (C=O) groups is 1. The molecule has 0 aromatic rings. The lowest BCUT2D eigenvalue weighted by molar-refractivity contribution is -0.256. The molecular formula is C25H33NO3. The smallest absolute Gasteiger partial charge is 0.158 e. The van der Waals surface area contributed by atoms with Crippen molar-refractivity contribution in [2.75, 3.05) is 6.61 Å². The number of hydrogen-bond donors (Lipinski definition) is 0. The van der Waals surface area contributed by atoms with Crippen molar-refractivity contribution in [3.8, 4) is 6.07 Å². The number of fused-ring (bicyclic) bond motifs is 4. The molecule has 0 bridgehead atoms. The van der Waals surface area contributed by atoms with E-state index in [9.17, 15) is 10.1 Å². The Morgan fingerprint density at radius 1 is 1.17 bits per heavy atom. The Morgan fingerprint density at radius 2 is 2.07 bits per heavy atom. The average molecular weight is 396 g/mol. The van der Waals surface area contributed by atoms with E-state index >= 15 is 0 Å². The maximum Gasteiger partial charge on any atom is 0.158 e. The number of ketones is 1. The molecule has 0 aromatic heterocycles. The maximum atomic E-state index is 11.9. The van der Waals surface area contributed by atoms with Gasteiger partial charge in [-0.3, -0.25) is 4.79 Å². The summed E-state index contributed by atoms with van der Waals surface area (Å²) in [6, 6.07) is 2.48. The van der Waals surface area contributed by atoms with E-state index in [1.807, 2.05) is 6.08 Å². The normalized spacial score (nSPS) is 41.9. The molecule has 5 atom stereocenters. The highest BCUT2D eigenvalue weighted by molar-refractivity contribution is 5.93. The van der Waals surface area contributed by atoms with Gasteiger partial charge < -0.3 is 9.47 Å². The minimum Gasteiger partial charge on any atom is -0.353 e. The Morgan fingerprint density at radius 3 is 2.86 bits per heavy atom. The Hall–Kier alpha value is -1.44. The van der Waals surface area contributed by atoms with Crippen molar-refractivity contribution in [1.29, 1.82) is 5.26 Å². The van der Waals surface area contributed by atoms with E-state index < -0.39 is 0 Å². The summed E-state index contributed by atoms with van der Waals surface area (Å²) in [5.41, 5.74) is 4.13. The summed E-state index contributed by atoms with van der Waals surface area (Å²) in [5, 5.41) is 9.72. The minimum atomic E-state index is -0.372. The molecule has 2 saturated carbocycles. The van der Waals surface area contributed by atoms with Gasteiger partial charge in [0.2, 0.25) is 0 Å². The zero-order valence-electron chi connectivity index (χ0n) is 17.7.